The van der Waals surface area contributed by atoms with Crippen molar-refractivity contribution in [2.75, 3.05) is 31.1 Å². The molecule has 0 amide bonds. The third-order valence-corrected chi connectivity index (χ3v) is 4.37. The lowest BCUT2D eigenvalue weighted by molar-refractivity contribution is 0.377. The highest BCUT2D eigenvalue weighted by Crippen LogP contribution is 2.23. The number of halogens is 1. The van der Waals surface area contributed by atoms with Crippen molar-refractivity contribution >= 4 is 17.3 Å². The zero-order chi connectivity index (χ0) is 15.4. The first-order valence-corrected chi connectivity index (χ1v) is 8.15. The van der Waals surface area contributed by atoms with E-state index in [1.807, 2.05) is 13.8 Å². The summed E-state index contributed by atoms with van der Waals surface area (Å²) in [5.41, 5.74) is 0.552. The van der Waals surface area contributed by atoms with Crippen LogP contribution in [0.5, 0.6) is 0 Å². The summed E-state index contributed by atoms with van der Waals surface area (Å²) in [4.78, 5) is 14.4. The second kappa shape index (κ2) is 7.27. The van der Waals surface area contributed by atoms with Crippen molar-refractivity contribution in [2.45, 2.75) is 39.7 Å². The minimum absolute atomic E-state index is 0.0154. The molecule has 1 aliphatic heterocycles. The molecule has 21 heavy (non-hydrogen) atoms. The average Bonchev–Trinajstić information content (AvgIpc) is 2.48. The number of hydrogen-bond acceptors (Lipinski definition) is 4. The van der Waals surface area contributed by atoms with E-state index in [-0.39, 0.29) is 16.6 Å². The van der Waals surface area contributed by atoms with Crippen LogP contribution in [0.2, 0.25) is 5.02 Å². The molecule has 2 rings (SSSR count). The van der Waals surface area contributed by atoms with Gasteiger partial charge in [0, 0.05) is 13.1 Å². The van der Waals surface area contributed by atoms with Crippen LogP contribution in [0.1, 0.15) is 39.7 Å². The largest absolute Gasteiger partial charge is 0.369 e. The van der Waals surface area contributed by atoms with E-state index >= 15 is 0 Å². The number of nitrogens with one attached hydrogen (secondary N) is 1. The summed E-state index contributed by atoms with van der Waals surface area (Å²) in [5.74, 6) is 0.599. The fourth-order valence-electron chi connectivity index (χ4n) is 2.81. The van der Waals surface area contributed by atoms with Crippen molar-refractivity contribution in [1.29, 1.82) is 0 Å². The summed E-state index contributed by atoms with van der Waals surface area (Å²) >= 11 is 6.30. The summed E-state index contributed by atoms with van der Waals surface area (Å²) in [6, 6.07) is 0.0154. The molecule has 1 aromatic rings. The smallest absolute Gasteiger partial charge is 0.287 e. The molecule has 0 aromatic carbocycles. The Balaban J connectivity index is 2.21. The van der Waals surface area contributed by atoms with E-state index in [4.69, 9.17) is 11.6 Å². The fraction of sp³-hybridized carbons (Fsp3) is 0.733. The van der Waals surface area contributed by atoms with Crippen LogP contribution in [0, 0.1) is 5.92 Å². The van der Waals surface area contributed by atoms with Crippen LogP contribution in [0.4, 0.5) is 5.69 Å². The molecule has 0 radical (unpaired) electrons. The molecule has 0 spiro atoms. The molecule has 0 saturated carbocycles. The molecule has 1 saturated heterocycles. The normalized spacial score (nSPS) is 19.0. The van der Waals surface area contributed by atoms with Crippen LogP contribution in [0.3, 0.4) is 0 Å². The lowest BCUT2D eigenvalue weighted by Gasteiger charge is -2.31. The Kier molecular flexibility index (Phi) is 5.65. The molecule has 0 bridgehead atoms. The standard InChI is InChI=1S/C15H25ClN4O/c1-4-19(10-12-6-5-7-17-8-12)13-9-18-20(11(2)3)15(21)14(13)16/h9,11-12,17H,4-8,10H2,1-3H3. The molecule has 1 aliphatic rings. The maximum absolute atomic E-state index is 12.3. The van der Waals surface area contributed by atoms with Gasteiger partial charge in [-0.2, -0.15) is 5.10 Å². The van der Waals surface area contributed by atoms with Crippen LogP contribution in [-0.2, 0) is 0 Å². The summed E-state index contributed by atoms with van der Waals surface area (Å²) in [5, 5.41) is 7.97. The Bertz CT molecular complexity index is 523. The molecular weight excluding hydrogens is 288 g/mol. The van der Waals surface area contributed by atoms with E-state index in [1.165, 1.54) is 17.5 Å². The topological polar surface area (TPSA) is 50.2 Å². The van der Waals surface area contributed by atoms with Gasteiger partial charge in [-0.1, -0.05) is 11.6 Å². The molecule has 1 atom stereocenters. The number of aromatic nitrogens is 2. The molecule has 0 aliphatic carbocycles. The Morgan fingerprint density at radius 1 is 1.57 bits per heavy atom. The molecule has 118 valence electrons. The van der Waals surface area contributed by atoms with E-state index in [1.54, 1.807) is 6.20 Å². The van der Waals surface area contributed by atoms with Gasteiger partial charge in [-0.25, -0.2) is 4.68 Å². The molecule has 5 nitrogen and oxygen atoms in total. The van der Waals surface area contributed by atoms with Gasteiger partial charge in [-0.3, -0.25) is 4.79 Å². The van der Waals surface area contributed by atoms with E-state index in [2.05, 4.69) is 22.2 Å². The number of nitrogens with zero attached hydrogens (tertiary/aromatic N) is 3. The molecule has 6 heteroatoms. The summed E-state index contributed by atoms with van der Waals surface area (Å²) in [6.07, 6.45) is 4.16. The van der Waals surface area contributed by atoms with Crippen molar-refractivity contribution in [3.05, 3.63) is 21.6 Å². The van der Waals surface area contributed by atoms with E-state index in [0.717, 1.165) is 31.9 Å². The lowest BCUT2D eigenvalue weighted by atomic mass is 9.99. The second-order valence-corrected chi connectivity index (χ2v) is 6.32. The van der Waals surface area contributed by atoms with Gasteiger partial charge in [-0.05, 0) is 52.6 Å². The Morgan fingerprint density at radius 2 is 2.33 bits per heavy atom. The average molecular weight is 313 g/mol. The van der Waals surface area contributed by atoms with Crippen molar-refractivity contribution in [1.82, 2.24) is 15.1 Å². The van der Waals surface area contributed by atoms with Crippen molar-refractivity contribution in [3.63, 3.8) is 0 Å². The molecule has 1 unspecified atom stereocenters. The molecule has 1 fully saturated rings. The Hall–Kier alpha value is -1.07. The zero-order valence-electron chi connectivity index (χ0n) is 13.1. The van der Waals surface area contributed by atoms with Gasteiger partial charge >= 0.3 is 0 Å². The molecule has 1 N–H and O–H groups in total. The zero-order valence-corrected chi connectivity index (χ0v) is 13.9. The van der Waals surface area contributed by atoms with Gasteiger partial charge in [-0.15, -0.1) is 0 Å². The van der Waals surface area contributed by atoms with E-state index in [0.29, 0.717) is 5.92 Å². The van der Waals surface area contributed by atoms with Gasteiger partial charge in [0.15, 0.2) is 0 Å². The van der Waals surface area contributed by atoms with Crippen molar-refractivity contribution in [2.24, 2.45) is 5.92 Å². The third-order valence-electron chi connectivity index (χ3n) is 4.01. The lowest BCUT2D eigenvalue weighted by Crippen LogP contribution is -2.39. The fourth-order valence-corrected chi connectivity index (χ4v) is 3.07. The predicted octanol–water partition coefficient (Wildman–Crippen LogP) is 2.30. The highest BCUT2D eigenvalue weighted by atomic mass is 35.5. The van der Waals surface area contributed by atoms with Crippen LogP contribution in [0.15, 0.2) is 11.0 Å². The predicted molar refractivity (Wildman–Crippen MR) is 87.4 cm³/mol. The first-order chi connectivity index (χ1) is 10.0. The summed E-state index contributed by atoms with van der Waals surface area (Å²) < 4.78 is 1.43. The molecule has 2 heterocycles. The number of piperidine rings is 1. The Morgan fingerprint density at radius 3 is 2.90 bits per heavy atom. The number of rotatable bonds is 5. The van der Waals surface area contributed by atoms with Gasteiger partial charge in [0.05, 0.1) is 17.9 Å². The van der Waals surface area contributed by atoms with Crippen LogP contribution >= 0.6 is 11.6 Å². The minimum atomic E-state index is -0.204. The Labute approximate surface area is 131 Å². The molecule has 1 aromatic heterocycles. The van der Waals surface area contributed by atoms with Crippen LogP contribution < -0.4 is 15.8 Å². The molecular formula is C15H25ClN4O. The van der Waals surface area contributed by atoms with Gasteiger partial charge in [0.1, 0.15) is 5.02 Å². The maximum Gasteiger partial charge on any atom is 0.287 e. The summed E-state index contributed by atoms with van der Waals surface area (Å²) in [7, 11) is 0. The van der Waals surface area contributed by atoms with Crippen LogP contribution in [-0.4, -0.2) is 36.0 Å². The number of hydrogen-bond donors (Lipinski definition) is 1. The first kappa shape index (κ1) is 16.3. The second-order valence-electron chi connectivity index (χ2n) is 5.94. The first-order valence-electron chi connectivity index (χ1n) is 7.77. The van der Waals surface area contributed by atoms with Crippen molar-refractivity contribution < 1.29 is 0 Å². The summed E-state index contributed by atoms with van der Waals surface area (Å²) in [6.45, 7) is 9.81. The van der Waals surface area contributed by atoms with Gasteiger partial charge in [0.2, 0.25) is 0 Å². The number of anilines is 1. The third kappa shape index (κ3) is 3.77. The van der Waals surface area contributed by atoms with Gasteiger partial charge < -0.3 is 10.2 Å². The van der Waals surface area contributed by atoms with Crippen molar-refractivity contribution in [3.8, 4) is 0 Å². The van der Waals surface area contributed by atoms with E-state index < -0.39 is 0 Å². The highest BCUT2D eigenvalue weighted by Gasteiger charge is 2.20. The van der Waals surface area contributed by atoms with Crippen LogP contribution in [0.25, 0.3) is 0 Å². The van der Waals surface area contributed by atoms with E-state index in [9.17, 15) is 4.79 Å². The van der Waals surface area contributed by atoms with Gasteiger partial charge in [0.25, 0.3) is 5.56 Å². The highest BCUT2D eigenvalue weighted by molar-refractivity contribution is 6.33. The SMILES string of the molecule is CCN(CC1CCCNC1)c1cnn(C(C)C)c(=O)c1Cl. The quantitative estimate of drug-likeness (QED) is 0.906. The minimum Gasteiger partial charge on any atom is -0.369 e. The monoisotopic (exact) mass is 312 g/mol. The maximum atomic E-state index is 12.3.